The summed E-state index contributed by atoms with van der Waals surface area (Å²) < 4.78 is 1.85. The van der Waals surface area contributed by atoms with Crippen LogP contribution in [0.5, 0.6) is 0 Å². The molecule has 1 aromatic heterocycles. The quantitative estimate of drug-likeness (QED) is 0.197. The summed E-state index contributed by atoms with van der Waals surface area (Å²) >= 11 is 0. The fraction of sp³-hybridized carbons (Fsp3) is 0.895. The highest BCUT2D eigenvalue weighted by molar-refractivity contribution is 5.80. The number of hydrogen-bond donors (Lipinski definition) is 3. The molecule has 29 heavy (non-hydrogen) atoms. The zero-order valence-electron chi connectivity index (χ0n) is 18.1. The number of rotatable bonds is 13. The molecule has 1 aromatic rings. The molecule has 0 spiro atoms. The third kappa shape index (κ3) is 7.11. The fourth-order valence-electron chi connectivity index (χ4n) is 3.88. The summed E-state index contributed by atoms with van der Waals surface area (Å²) in [5.41, 5.74) is 5.71. The molecule has 10 nitrogen and oxygen atoms in total. The van der Waals surface area contributed by atoms with Crippen LogP contribution in [0.3, 0.4) is 0 Å². The zero-order valence-corrected chi connectivity index (χ0v) is 18.1. The van der Waals surface area contributed by atoms with Crippen molar-refractivity contribution < 1.29 is 10.2 Å². The lowest BCUT2D eigenvalue weighted by molar-refractivity contribution is 0.0943. The van der Waals surface area contributed by atoms with Crippen molar-refractivity contribution in [3.8, 4) is 0 Å². The van der Waals surface area contributed by atoms with Gasteiger partial charge < -0.3 is 15.9 Å². The second kappa shape index (κ2) is 10.2. The van der Waals surface area contributed by atoms with Gasteiger partial charge in [0.15, 0.2) is 5.82 Å². The zero-order chi connectivity index (χ0) is 21.5. The van der Waals surface area contributed by atoms with Gasteiger partial charge in [0.1, 0.15) is 5.84 Å². The fourth-order valence-corrected chi connectivity index (χ4v) is 3.88. The molecule has 164 valence electrons. The molecular weight excluding hydrogens is 372 g/mol. The van der Waals surface area contributed by atoms with E-state index in [-0.39, 0.29) is 23.2 Å². The Labute approximate surface area is 172 Å². The first kappa shape index (κ1) is 23.3. The Morgan fingerprint density at radius 1 is 1.24 bits per heavy atom. The van der Waals surface area contributed by atoms with Crippen LogP contribution in [0.2, 0.25) is 0 Å². The predicted molar refractivity (Wildman–Crippen MR) is 110 cm³/mol. The van der Waals surface area contributed by atoms with Crippen molar-refractivity contribution in [1.29, 1.82) is 0 Å². The molecule has 0 bridgehead atoms. The lowest BCUT2D eigenvalue weighted by atomic mass is 9.82. The van der Waals surface area contributed by atoms with Gasteiger partial charge >= 0.3 is 0 Å². The molecule has 0 aliphatic carbocycles. The van der Waals surface area contributed by atoms with Crippen molar-refractivity contribution in [1.82, 2.24) is 20.2 Å². The van der Waals surface area contributed by atoms with E-state index < -0.39 is 0 Å². The smallest absolute Gasteiger partial charge is 0.154 e. The summed E-state index contributed by atoms with van der Waals surface area (Å²) in [4.78, 5) is 0. The van der Waals surface area contributed by atoms with E-state index in [0.29, 0.717) is 37.9 Å². The predicted octanol–water partition coefficient (Wildman–Crippen LogP) is 2.17. The van der Waals surface area contributed by atoms with Gasteiger partial charge in [-0.15, -0.1) is 10.2 Å². The lowest BCUT2D eigenvalue weighted by Gasteiger charge is -2.38. The minimum absolute atomic E-state index is 0.0649. The Bertz CT molecular complexity index is 702. The largest absolute Gasteiger partial charge is 0.393 e. The summed E-state index contributed by atoms with van der Waals surface area (Å²) in [5.74, 6) is 1.36. The van der Waals surface area contributed by atoms with Crippen molar-refractivity contribution >= 4 is 5.84 Å². The lowest BCUT2D eigenvalue weighted by Crippen LogP contribution is -2.45. The first-order chi connectivity index (χ1) is 13.6. The normalized spacial score (nSPS) is 21.8. The minimum Gasteiger partial charge on any atom is -0.393 e. The van der Waals surface area contributed by atoms with Crippen molar-refractivity contribution in [2.24, 2.45) is 26.6 Å². The van der Waals surface area contributed by atoms with E-state index in [0.717, 1.165) is 31.5 Å². The van der Waals surface area contributed by atoms with E-state index in [9.17, 15) is 10.2 Å². The third-order valence-corrected chi connectivity index (χ3v) is 5.75. The van der Waals surface area contributed by atoms with Crippen LogP contribution in [0.25, 0.3) is 0 Å². The van der Waals surface area contributed by atoms with Crippen molar-refractivity contribution in [2.75, 3.05) is 7.05 Å². The number of tetrazole rings is 1. The molecule has 0 saturated heterocycles. The van der Waals surface area contributed by atoms with Gasteiger partial charge in [-0.1, -0.05) is 13.8 Å². The molecule has 2 heterocycles. The van der Waals surface area contributed by atoms with E-state index in [1.54, 1.807) is 7.05 Å². The highest BCUT2D eigenvalue weighted by atomic mass is 16.3. The maximum Gasteiger partial charge on any atom is 0.154 e. The molecule has 2 rings (SSSR count). The average molecular weight is 409 g/mol. The Balaban J connectivity index is 1.59. The summed E-state index contributed by atoms with van der Waals surface area (Å²) in [6, 6.07) is 0. The highest BCUT2D eigenvalue weighted by Crippen LogP contribution is 2.35. The van der Waals surface area contributed by atoms with Crippen LogP contribution in [0.4, 0.5) is 0 Å². The first-order valence-corrected chi connectivity index (χ1v) is 10.4. The monoisotopic (exact) mass is 408 g/mol. The van der Waals surface area contributed by atoms with Crippen molar-refractivity contribution in [2.45, 2.75) is 96.3 Å². The molecular formula is C19H36N8O2. The summed E-state index contributed by atoms with van der Waals surface area (Å²) in [7, 11) is 1.55. The van der Waals surface area contributed by atoms with E-state index >= 15 is 0 Å². The standard InChI is InChI=1S/C19H36N8O2/c1-18(2,12-16(20)22-24-21-4)10-8-14(28)6-5-7-15(29)9-11-19(3)13-17-23-25-26-27(17)19/h14-15,28-29H,5-13H2,1-4H3,(H2,20,21,22). The number of amidine groups is 1. The van der Waals surface area contributed by atoms with Gasteiger partial charge in [-0.2, -0.15) is 5.11 Å². The average Bonchev–Trinajstić information content (AvgIpc) is 3.05. The van der Waals surface area contributed by atoms with Gasteiger partial charge in [-0.3, -0.25) is 0 Å². The number of nitrogens with zero attached hydrogens (tertiary/aromatic N) is 7. The van der Waals surface area contributed by atoms with Gasteiger partial charge in [0.2, 0.25) is 0 Å². The maximum atomic E-state index is 10.3. The number of aliphatic hydroxyl groups is 2. The van der Waals surface area contributed by atoms with E-state index in [1.165, 1.54) is 0 Å². The second-order valence-electron chi connectivity index (χ2n) is 9.22. The van der Waals surface area contributed by atoms with Crippen LogP contribution >= 0.6 is 0 Å². The van der Waals surface area contributed by atoms with Gasteiger partial charge in [0.25, 0.3) is 0 Å². The molecule has 0 fully saturated rings. The molecule has 0 radical (unpaired) electrons. The molecule has 0 aromatic carbocycles. The van der Waals surface area contributed by atoms with Gasteiger partial charge in [-0.25, -0.2) is 4.68 Å². The summed E-state index contributed by atoms with van der Waals surface area (Å²) in [6.07, 6.45) is 6.02. The van der Waals surface area contributed by atoms with Crippen LogP contribution < -0.4 is 5.73 Å². The SMILES string of the molecule is C/N=N\N=C(/N)CC(C)(C)CCC(O)CCCC(O)CCC1(C)Cc2nnnn21. The highest BCUT2D eigenvalue weighted by Gasteiger charge is 2.41. The van der Waals surface area contributed by atoms with Crippen LogP contribution in [-0.4, -0.2) is 55.5 Å². The summed E-state index contributed by atoms with van der Waals surface area (Å²) in [6.45, 7) is 6.33. The van der Waals surface area contributed by atoms with Gasteiger partial charge in [-0.05, 0) is 72.9 Å². The van der Waals surface area contributed by atoms with Crippen LogP contribution in [0.1, 0.15) is 78.0 Å². The molecule has 3 atom stereocenters. The first-order valence-electron chi connectivity index (χ1n) is 10.4. The number of aromatic nitrogens is 4. The van der Waals surface area contributed by atoms with Crippen molar-refractivity contribution in [3.63, 3.8) is 0 Å². The number of hydrogen-bond acceptors (Lipinski definition) is 7. The molecule has 4 N–H and O–H groups in total. The molecule has 3 unspecified atom stereocenters. The minimum atomic E-state index is -0.372. The number of nitrogens with two attached hydrogens (primary N) is 1. The van der Waals surface area contributed by atoms with E-state index in [1.807, 2.05) is 4.68 Å². The van der Waals surface area contributed by atoms with Crippen molar-refractivity contribution in [3.05, 3.63) is 5.82 Å². The van der Waals surface area contributed by atoms with Gasteiger partial charge in [0.05, 0.1) is 24.8 Å². The second-order valence-corrected chi connectivity index (χ2v) is 9.22. The number of aliphatic hydroxyl groups excluding tert-OH is 2. The summed E-state index contributed by atoms with van der Waals surface area (Å²) in [5, 5.41) is 43.2. The number of fused-ring (bicyclic) bond motifs is 1. The molecule has 0 amide bonds. The maximum absolute atomic E-state index is 10.3. The Hall–Kier alpha value is -1.94. The molecule has 1 aliphatic heterocycles. The Morgan fingerprint density at radius 2 is 1.93 bits per heavy atom. The molecule has 1 aliphatic rings. The topological polar surface area (TPSA) is 147 Å². The van der Waals surface area contributed by atoms with Gasteiger partial charge in [0, 0.05) is 12.8 Å². The Kier molecular flexibility index (Phi) is 8.21. The molecule has 0 saturated carbocycles. The van der Waals surface area contributed by atoms with E-state index in [2.05, 4.69) is 51.7 Å². The third-order valence-electron chi connectivity index (χ3n) is 5.75. The van der Waals surface area contributed by atoms with Crippen LogP contribution in [0, 0.1) is 5.41 Å². The molecule has 10 heteroatoms. The van der Waals surface area contributed by atoms with Crippen LogP contribution in [-0.2, 0) is 12.0 Å². The van der Waals surface area contributed by atoms with Crippen LogP contribution in [0.15, 0.2) is 15.4 Å². The van der Waals surface area contributed by atoms with E-state index in [4.69, 9.17) is 5.73 Å². The Morgan fingerprint density at radius 3 is 2.59 bits per heavy atom.